The minimum absolute atomic E-state index is 0.413. The molecule has 0 spiro atoms. The summed E-state index contributed by atoms with van der Waals surface area (Å²) in [5.74, 6) is 0. The Morgan fingerprint density at radius 2 is 1.86 bits per heavy atom. The molecule has 1 aliphatic carbocycles. The molecule has 0 saturated heterocycles. The molecule has 5 N–H and O–H groups in total. The SMILES string of the molecule is C=C(NNC(N)=O)C1(O)CCCCC1. The van der Waals surface area contributed by atoms with E-state index >= 15 is 0 Å². The van der Waals surface area contributed by atoms with Crippen LogP contribution in [0.1, 0.15) is 32.1 Å². The fourth-order valence-corrected chi connectivity index (χ4v) is 1.69. The van der Waals surface area contributed by atoms with Crippen LogP contribution in [-0.2, 0) is 0 Å². The smallest absolute Gasteiger partial charge is 0.330 e. The maximum Gasteiger partial charge on any atom is 0.330 e. The lowest BCUT2D eigenvalue weighted by atomic mass is 9.83. The number of hydrogen-bond donors (Lipinski definition) is 4. The maximum atomic E-state index is 10.4. The topological polar surface area (TPSA) is 87.4 Å². The number of aliphatic hydroxyl groups is 1. The van der Waals surface area contributed by atoms with E-state index in [0.717, 1.165) is 19.3 Å². The number of nitrogens with one attached hydrogen (secondary N) is 2. The third-order valence-corrected chi connectivity index (χ3v) is 2.58. The molecule has 5 heteroatoms. The van der Waals surface area contributed by atoms with Gasteiger partial charge in [-0.15, -0.1) is 0 Å². The molecule has 1 rings (SSSR count). The van der Waals surface area contributed by atoms with Crippen LogP contribution in [0.4, 0.5) is 4.79 Å². The predicted molar refractivity (Wildman–Crippen MR) is 53.0 cm³/mol. The summed E-state index contributed by atoms with van der Waals surface area (Å²) < 4.78 is 0. The number of nitrogens with two attached hydrogens (primary N) is 1. The summed E-state index contributed by atoms with van der Waals surface area (Å²) in [6.07, 6.45) is 4.46. The van der Waals surface area contributed by atoms with Gasteiger partial charge in [-0.3, -0.25) is 10.9 Å². The number of rotatable bonds is 3. The molecule has 5 nitrogen and oxygen atoms in total. The lowest BCUT2D eigenvalue weighted by Gasteiger charge is -2.34. The van der Waals surface area contributed by atoms with Crippen LogP contribution in [0.25, 0.3) is 0 Å². The van der Waals surface area contributed by atoms with Gasteiger partial charge < -0.3 is 10.8 Å². The molecule has 0 aromatic heterocycles. The molecular weight excluding hydrogens is 182 g/mol. The number of urea groups is 1. The first-order valence-corrected chi connectivity index (χ1v) is 4.78. The molecule has 0 unspecified atom stereocenters. The van der Waals surface area contributed by atoms with Crippen LogP contribution < -0.4 is 16.6 Å². The first-order chi connectivity index (χ1) is 6.54. The molecule has 0 aromatic carbocycles. The largest absolute Gasteiger partial charge is 0.384 e. The van der Waals surface area contributed by atoms with Gasteiger partial charge in [0.1, 0.15) is 5.60 Å². The molecule has 2 amide bonds. The van der Waals surface area contributed by atoms with Crippen LogP contribution in [-0.4, -0.2) is 16.7 Å². The van der Waals surface area contributed by atoms with E-state index in [2.05, 4.69) is 17.4 Å². The van der Waals surface area contributed by atoms with E-state index in [4.69, 9.17) is 5.73 Å². The first kappa shape index (κ1) is 10.8. The van der Waals surface area contributed by atoms with Crippen molar-refractivity contribution in [3.05, 3.63) is 12.3 Å². The van der Waals surface area contributed by atoms with Crippen molar-refractivity contribution >= 4 is 6.03 Å². The van der Waals surface area contributed by atoms with Crippen molar-refractivity contribution in [1.82, 2.24) is 10.9 Å². The number of primary amides is 1. The van der Waals surface area contributed by atoms with Crippen LogP contribution in [0.15, 0.2) is 12.3 Å². The average Bonchev–Trinajstić information content (AvgIpc) is 2.15. The number of hydrazine groups is 1. The Morgan fingerprint density at radius 3 is 2.36 bits per heavy atom. The number of amides is 2. The second kappa shape index (κ2) is 4.32. The zero-order valence-corrected chi connectivity index (χ0v) is 8.18. The van der Waals surface area contributed by atoms with E-state index < -0.39 is 11.6 Å². The highest BCUT2D eigenvalue weighted by Gasteiger charge is 2.32. The van der Waals surface area contributed by atoms with Gasteiger partial charge in [-0.2, -0.15) is 0 Å². The Morgan fingerprint density at radius 1 is 1.29 bits per heavy atom. The minimum atomic E-state index is -0.902. The second-order valence-electron chi connectivity index (χ2n) is 3.69. The van der Waals surface area contributed by atoms with Crippen LogP contribution in [0.3, 0.4) is 0 Å². The van der Waals surface area contributed by atoms with Crippen molar-refractivity contribution in [2.75, 3.05) is 0 Å². The molecule has 0 aromatic rings. The molecule has 0 bridgehead atoms. The minimum Gasteiger partial charge on any atom is -0.384 e. The summed E-state index contributed by atoms with van der Waals surface area (Å²) in [6.45, 7) is 3.69. The molecule has 1 saturated carbocycles. The van der Waals surface area contributed by atoms with Crippen molar-refractivity contribution in [2.24, 2.45) is 5.73 Å². The van der Waals surface area contributed by atoms with E-state index in [9.17, 15) is 9.90 Å². The fourth-order valence-electron chi connectivity index (χ4n) is 1.69. The van der Waals surface area contributed by atoms with Crippen molar-refractivity contribution in [2.45, 2.75) is 37.7 Å². The molecule has 0 radical (unpaired) electrons. The molecule has 1 fully saturated rings. The second-order valence-corrected chi connectivity index (χ2v) is 3.69. The van der Waals surface area contributed by atoms with Crippen molar-refractivity contribution in [3.63, 3.8) is 0 Å². The Labute approximate surface area is 83.3 Å². The Balaban J connectivity index is 2.45. The van der Waals surface area contributed by atoms with Gasteiger partial charge in [-0.05, 0) is 12.8 Å². The number of hydrogen-bond acceptors (Lipinski definition) is 3. The van der Waals surface area contributed by atoms with Crippen LogP contribution >= 0.6 is 0 Å². The van der Waals surface area contributed by atoms with Gasteiger partial charge >= 0.3 is 6.03 Å². The van der Waals surface area contributed by atoms with Gasteiger partial charge in [0.25, 0.3) is 0 Å². The van der Waals surface area contributed by atoms with Crippen molar-refractivity contribution in [1.29, 1.82) is 0 Å². The summed E-state index contributed by atoms with van der Waals surface area (Å²) >= 11 is 0. The van der Waals surface area contributed by atoms with Gasteiger partial charge in [-0.1, -0.05) is 25.8 Å². The summed E-state index contributed by atoms with van der Waals surface area (Å²) in [7, 11) is 0. The Kier molecular flexibility index (Phi) is 3.35. The Bertz CT molecular complexity index is 234. The highest BCUT2D eigenvalue weighted by Crippen LogP contribution is 2.31. The van der Waals surface area contributed by atoms with Gasteiger partial charge in [0, 0.05) is 0 Å². The third kappa shape index (κ3) is 2.63. The quantitative estimate of drug-likeness (QED) is 0.495. The monoisotopic (exact) mass is 199 g/mol. The molecule has 1 aliphatic rings. The van der Waals surface area contributed by atoms with E-state index in [-0.39, 0.29) is 0 Å². The van der Waals surface area contributed by atoms with Gasteiger partial charge in [0.15, 0.2) is 0 Å². The van der Waals surface area contributed by atoms with Gasteiger partial charge in [0.2, 0.25) is 0 Å². The van der Waals surface area contributed by atoms with Crippen LogP contribution in [0, 0.1) is 0 Å². The molecular formula is C9H17N3O2. The van der Waals surface area contributed by atoms with Gasteiger partial charge in [0.05, 0.1) is 5.70 Å². The van der Waals surface area contributed by atoms with Crippen molar-refractivity contribution < 1.29 is 9.90 Å². The van der Waals surface area contributed by atoms with E-state index in [1.807, 2.05) is 0 Å². The van der Waals surface area contributed by atoms with Crippen LogP contribution in [0.5, 0.6) is 0 Å². The highest BCUT2D eigenvalue weighted by atomic mass is 16.3. The van der Waals surface area contributed by atoms with E-state index in [0.29, 0.717) is 18.5 Å². The van der Waals surface area contributed by atoms with Crippen LogP contribution in [0.2, 0.25) is 0 Å². The Hall–Kier alpha value is -1.23. The zero-order chi connectivity index (χ0) is 10.6. The van der Waals surface area contributed by atoms with E-state index in [1.54, 1.807) is 0 Å². The third-order valence-electron chi connectivity index (χ3n) is 2.58. The summed E-state index contributed by atoms with van der Waals surface area (Å²) in [5.41, 5.74) is 9.11. The zero-order valence-electron chi connectivity index (χ0n) is 8.18. The van der Waals surface area contributed by atoms with E-state index in [1.165, 1.54) is 0 Å². The molecule has 0 atom stereocenters. The molecule has 0 heterocycles. The number of carbonyl (C=O) groups excluding carboxylic acids is 1. The predicted octanol–water partition coefficient (Wildman–Crippen LogP) is 0.368. The lowest BCUT2D eigenvalue weighted by molar-refractivity contribution is 0.0324. The first-order valence-electron chi connectivity index (χ1n) is 4.78. The summed E-state index contributed by atoms with van der Waals surface area (Å²) in [5, 5.41) is 10.1. The average molecular weight is 199 g/mol. The summed E-state index contributed by atoms with van der Waals surface area (Å²) in [6, 6.07) is -0.689. The lowest BCUT2D eigenvalue weighted by Crippen LogP contribution is -2.47. The number of carbonyl (C=O) groups is 1. The normalized spacial score (nSPS) is 19.8. The molecule has 80 valence electrons. The summed E-state index contributed by atoms with van der Waals surface area (Å²) in [4.78, 5) is 10.4. The van der Waals surface area contributed by atoms with Gasteiger partial charge in [-0.25, -0.2) is 4.79 Å². The fraction of sp³-hybridized carbons (Fsp3) is 0.667. The molecule has 14 heavy (non-hydrogen) atoms. The standard InChI is InChI=1S/C9H17N3O2/c1-7(11-12-8(10)13)9(14)5-3-2-4-6-9/h11,14H,1-6H2,(H3,10,12,13). The highest BCUT2D eigenvalue weighted by molar-refractivity contribution is 5.71. The van der Waals surface area contributed by atoms with Crippen molar-refractivity contribution in [3.8, 4) is 0 Å². The maximum absolute atomic E-state index is 10.4. The molecule has 0 aliphatic heterocycles.